The van der Waals surface area contributed by atoms with Crippen molar-refractivity contribution in [2.45, 2.75) is 32.3 Å². The van der Waals surface area contributed by atoms with Crippen molar-refractivity contribution in [3.63, 3.8) is 0 Å². The second kappa shape index (κ2) is 9.51. The van der Waals surface area contributed by atoms with Crippen molar-refractivity contribution in [3.8, 4) is 0 Å². The van der Waals surface area contributed by atoms with Crippen LogP contribution in [-0.2, 0) is 6.42 Å². The van der Waals surface area contributed by atoms with Crippen molar-refractivity contribution in [1.82, 2.24) is 10.2 Å². The van der Waals surface area contributed by atoms with Gasteiger partial charge in [0.05, 0.1) is 6.10 Å². The van der Waals surface area contributed by atoms with Crippen molar-refractivity contribution in [2.75, 3.05) is 27.2 Å². The molecule has 0 fully saturated rings. The van der Waals surface area contributed by atoms with Gasteiger partial charge in [0.2, 0.25) is 0 Å². The van der Waals surface area contributed by atoms with Gasteiger partial charge in [0.15, 0.2) is 0 Å². The fourth-order valence-corrected chi connectivity index (χ4v) is 2.79. The third-order valence-electron chi connectivity index (χ3n) is 4.50. The van der Waals surface area contributed by atoms with Crippen LogP contribution in [0.4, 0.5) is 0 Å². The minimum absolute atomic E-state index is 0.0152. The average Bonchev–Trinajstić information content (AvgIpc) is 2.65. The zero-order valence-corrected chi connectivity index (χ0v) is 16.2. The first-order valence-electron chi connectivity index (χ1n) is 9.17. The summed E-state index contributed by atoms with van der Waals surface area (Å²) in [5.41, 5.74) is 4.07. The molecule has 0 aromatic heterocycles. The summed E-state index contributed by atoms with van der Waals surface area (Å²) in [6, 6.07) is 15.9. The Balaban J connectivity index is 1.79. The quantitative estimate of drug-likeness (QED) is 0.715. The summed E-state index contributed by atoms with van der Waals surface area (Å²) in [7, 11) is 3.50. The Bertz CT molecular complexity index is 708. The molecule has 0 aliphatic carbocycles. The Morgan fingerprint density at radius 3 is 2.35 bits per heavy atom. The molecule has 0 saturated heterocycles. The number of benzene rings is 2. The summed E-state index contributed by atoms with van der Waals surface area (Å²) < 4.78 is 0. The first-order valence-corrected chi connectivity index (χ1v) is 9.17. The van der Waals surface area contributed by atoms with E-state index in [0.29, 0.717) is 18.0 Å². The number of rotatable bonds is 8. The standard InChI is InChI=1S/C22H30N2O2/c1-16(2)19-6-5-7-20(14-19)21(25)15-23-13-12-17-8-10-18(11-9-17)22(26)24(3)4/h5-11,14,16,21,23,25H,12-13,15H2,1-4H3. The molecule has 0 radical (unpaired) electrons. The van der Waals surface area contributed by atoms with E-state index in [0.717, 1.165) is 18.5 Å². The third kappa shape index (κ3) is 5.68. The van der Waals surface area contributed by atoms with Crippen molar-refractivity contribution < 1.29 is 9.90 Å². The Hall–Kier alpha value is -2.17. The van der Waals surface area contributed by atoms with Crippen LogP contribution in [0.3, 0.4) is 0 Å². The van der Waals surface area contributed by atoms with Gasteiger partial charge in [-0.05, 0) is 47.7 Å². The lowest BCUT2D eigenvalue weighted by atomic mass is 9.99. The van der Waals surface area contributed by atoms with Gasteiger partial charge in [-0.15, -0.1) is 0 Å². The molecule has 0 saturated carbocycles. The molecule has 2 rings (SSSR count). The molecule has 140 valence electrons. The summed E-state index contributed by atoms with van der Waals surface area (Å²) in [6.07, 6.45) is 0.351. The van der Waals surface area contributed by atoms with Crippen LogP contribution in [0.15, 0.2) is 48.5 Å². The second-order valence-electron chi connectivity index (χ2n) is 7.19. The van der Waals surface area contributed by atoms with Crippen LogP contribution in [0.2, 0.25) is 0 Å². The maximum atomic E-state index is 11.9. The van der Waals surface area contributed by atoms with Crippen LogP contribution in [0.25, 0.3) is 0 Å². The SMILES string of the molecule is CC(C)c1cccc(C(O)CNCCc2ccc(C(=O)N(C)C)cc2)c1. The molecule has 0 spiro atoms. The van der Waals surface area contributed by atoms with Gasteiger partial charge in [0.1, 0.15) is 0 Å². The van der Waals surface area contributed by atoms with Gasteiger partial charge >= 0.3 is 0 Å². The number of carbonyl (C=O) groups excluding carboxylic acids is 1. The number of carbonyl (C=O) groups is 1. The molecule has 2 N–H and O–H groups in total. The second-order valence-corrected chi connectivity index (χ2v) is 7.19. The zero-order chi connectivity index (χ0) is 19.1. The summed E-state index contributed by atoms with van der Waals surface area (Å²) in [5.74, 6) is 0.471. The number of nitrogens with one attached hydrogen (secondary N) is 1. The lowest BCUT2D eigenvalue weighted by Crippen LogP contribution is -2.24. The fourth-order valence-electron chi connectivity index (χ4n) is 2.79. The molecular weight excluding hydrogens is 324 g/mol. The first-order chi connectivity index (χ1) is 12.4. The third-order valence-corrected chi connectivity index (χ3v) is 4.50. The molecule has 4 heteroatoms. The van der Waals surface area contributed by atoms with E-state index in [1.165, 1.54) is 11.1 Å². The van der Waals surface area contributed by atoms with E-state index in [2.05, 4.69) is 31.3 Å². The van der Waals surface area contributed by atoms with Crippen LogP contribution in [0.5, 0.6) is 0 Å². The number of hydrogen-bond donors (Lipinski definition) is 2. The summed E-state index contributed by atoms with van der Waals surface area (Å²) in [5, 5.41) is 13.7. The Morgan fingerprint density at radius 1 is 1.08 bits per heavy atom. The van der Waals surface area contributed by atoms with Gasteiger partial charge in [0, 0.05) is 26.2 Å². The predicted molar refractivity (Wildman–Crippen MR) is 107 cm³/mol. The van der Waals surface area contributed by atoms with Gasteiger partial charge in [-0.25, -0.2) is 0 Å². The van der Waals surface area contributed by atoms with Gasteiger partial charge in [0.25, 0.3) is 5.91 Å². The molecule has 26 heavy (non-hydrogen) atoms. The highest BCUT2D eigenvalue weighted by atomic mass is 16.3. The van der Waals surface area contributed by atoms with Gasteiger partial charge < -0.3 is 15.3 Å². The maximum Gasteiger partial charge on any atom is 0.253 e. The lowest BCUT2D eigenvalue weighted by molar-refractivity contribution is 0.0827. The van der Waals surface area contributed by atoms with Crippen molar-refractivity contribution in [1.29, 1.82) is 0 Å². The molecule has 4 nitrogen and oxygen atoms in total. The normalized spacial score (nSPS) is 12.2. The van der Waals surface area contributed by atoms with Gasteiger partial charge in [-0.2, -0.15) is 0 Å². The van der Waals surface area contributed by atoms with Crippen LogP contribution < -0.4 is 5.32 Å². The Kier molecular flexibility index (Phi) is 7.37. The number of hydrogen-bond acceptors (Lipinski definition) is 3. The van der Waals surface area contributed by atoms with Crippen molar-refractivity contribution in [3.05, 3.63) is 70.8 Å². The molecular formula is C22H30N2O2. The summed E-state index contributed by atoms with van der Waals surface area (Å²) in [6.45, 7) is 5.61. The van der Waals surface area contributed by atoms with E-state index in [1.807, 2.05) is 36.4 Å². The average molecular weight is 354 g/mol. The van der Waals surface area contributed by atoms with Crippen LogP contribution in [-0.4, -0.2) is 43.1 Å². The smallest absolute Gasteiger partial charge is 0.253 e. The van der Waals surface area contributed by atoms with E-state index in [9.17, 15) is 9.90 Å². The molecule has 2 aromatic rings. The largest absolute Gasteiger partial charge is 0.387 e. The molecule has 2 aromatic carbocycles. The van der Waals surface area contributed by atoms with Crippen LogP contribution >= 0.6 is 0 Å². The maximum absolute atomic E-state index is 11.9. The molecule has 0 aliphatic heterocycles. The summed E-state index contributed by atoms with van der Waals surface area (Å²) >= 11 is 0. The van der Waals surface area contributed by atoms with Crippen molar-refractivity contribution in [2.24, 2.45) is 0 Å². The van der Waals surface area contributed by atoms with E-state index in [-0.39, 0.29) is 5.91 Å². The molecule has 0 bridgehead atoms. The minimum atomic E-state index is -0.506. The molecule has 0 aliphatic rings. The lowest BCUT2D eigenvalue weighted by Gasteiger charge is -2.15. The van der Waals surface area contributed by atoms with Crippen LogP contribution in [0.1, 0.15) is 52.9 Å². The minimum Gasteiger partial charge on any atom is -0.387 e. The highest BCUT2D eigenvalue weighted by Gasteiger charge is 2.09. The molecule has 1 unspecified atom stereocenters. The number of amides is 1. The van der Waals surface area contributed by atoms with E-state index in [4.69, 9.17) is 0 Å². The molecule has 1 amide bonds. The summed E-state index contributed by atoms with van der Waals surface area (Å²) in [4.78, 5) is 13.5. The van der Waals surface area contributed by atoms with Crippen LogP contribution in [0, 0.1) is 0 Å². The number of aliphatic hydroxyl groups excluding tert-OH is 1. The van der Waals surface area contributed by atoms with E-state index >= 15 is 0 Å². The first kappa shape index (κ1) is 20.1. The highest BCUT2D eigenvalue weighted by Crippen LogP contribution is 2.19. The van der Waals surface area contributed by atoms with Gasteiger partial charge in [-0.3, -0.25) is 4.79 Å². The van der Waals surface area contributed by atoms with Gasteiger partial charge in [-0.1, -0.05) is 50.2 Å². The highest BCUT2D eigenvalue weighted by molar-refractivity contribution is 5.93. The topological polar surface area (TPSA) is 52.6 Å². The Labute approximate surface area is 156 Å². The predicted octanol–water partition coefficient (Wildman–Crippen LogP) is 3.38. The Morgan fingerprint density at radius 2 is 1.73 bits per heavy atom. The van der Waals surface area contributed by atoms with E-state index in [1.54, 1.807) is 19.0 Å². The molecule has 1 atom stereocenters. The monoisotopic (exact) mass is 354 g/mol. The number of nitrogens with zero attached hydrogens (tertiary/aromatic N) is 1. The fraction of sp³-hybridized carbons (Fsp3) is 0.409. The zero-order valence-electron chi connectivity index (χ0n) is 16.2. The molecule has 0 heterocycles. The van der Waals surface area contributed by atoms with Crippen molar-refractivity contribution >= 4 is 5.91 Å². The van der Waals surface area contributed by atoms with E-state index < -0.39 is 6.10 Å². The number of aliphatic hydroxyl groups is 1.